The third-order valence-electron chi connectivity index (χ3n) is 5.29. The number of aromatic nitrogens is 2. The Bertz CT molecular complexity index is 1140. The van der Waals surface area contributed by atoms with Crippen LogP contribution in [-0.2, 0) is 0 Å². The summed E-state index contributed by atoms with van der Waals surface area (Å²) in [6.07, 6.45) is 2.56. The van der Waals surface area contributed by atoms with Crippen molar-refractivity contribution in [3.05, 3.63) is 77.3 Å². The zero-order valence-corrected chi connectivity index (χ0v) is 17.6. The molecule has 1 saturated heterocycles. The van der Waals surface area contributed by atoms with Crippen LogP contribution in [-0.4, -0.2) is 23.1 Å². The number of hydrogen-bond acceptors (Lipinski definition) is 4. The first-order valence-electron chi connectivity index (χ1n) is 9.91. The van der Waals surface area contributed by atoms with Gasteiger partial charge in [0.05, 0.1) is 5.52 Å². The predicted octanol–water partition coefficient (Wildman–Crippen LogP) is 6.40. The van der Waals surface area contributed by atoms with E-state index in [-0.39, 0.29) is 0 Å². The summed E-state index contributed by atoms with van der Waals surface area (Å²) < 4.78 is 1.01. The van der Waals surface area contributed by atoms with Gasteiger partial charge < -0.3 is 10.2 Å². The fourth-order valence-electron chi connectivity index (χ4n) is 3.78. The van der Waals surface area contributed by atoms with Crippen LogP contribution >= 0.6 is 15.9 Å². The molecule has 2 heterocycles. The van der Waals surface area contributed by atoms with E-state index in [4.69, 9.17) is 9.97 Å². The maximum atomic E-state index is 4.85. The van der Waals surface area contributed by atoms with Crippen molar-refractivity contribution in [2.24, 2.45) is 0 Å². The molecule has 1 fully saturated rings. The zero-order chi connectivity index (χ0) is 19.6. The van der Waals surface area contributed by atoms with Crippen molar-refractivity contribution in [2.75, 3.05) is 23.3 Å². The summed E-state index contributed by atoms with van der Waals surface area (Å²) in [6.45, 7) is 2.30. The molecule has 1 aliphatic heterocycles. The summed E-state index contributed by atoms with van der Waals surface area (Å²) in [7, 11) is 0. The highest BCUT2D eigenvalue weighted by Crippen LogP contribution is 2.30. The molecule has 1 aliphatic rings. The first kappa shape index (κ1) is 18.1. The lowest BCUT2D eigenvalue weighted by molar-refractivity contribution is 0.949. The molecule has 29 heavy (non-hydrogen) atoms. The van der Waals surface area contributed by atoms with Crippen LogP contribution in [0.4, 0.5) is 17.2 Å². The monoisotopic (exact) mass is 444 g/mol. The van der Waals surface area contributed by atoms with E-state index in [0.717, 1.165) is 51.4 Å². The third-order valence-corrected chi connectivity index (χ3v) is 5.78. The van der Waals surface area contributed by atoms with Gasteiger partial charge in [0.25, 0.3) is 0 Å². The van der Waals surface area contributed by atoms with Gasteiger partial charge in [0, 0.05) is 39.9 Å². The van der Waals surface area contributed by atoms with Gasteiger partial charge in [-0.05, 0) is 55.3 Å². The second kappa shape index (κ2) is 7.84. The van der Waals surface area contributed by atoms with Gasteiger partial charge in [0.1, 0.15) is 5.82 Å². The molecule has 0 atom stereocenters. The average Bonchev–Trinajstić information content (AvgIpc) is 3.30. The Balaban J connectivity index is 1.53. The summed E-state index contributed by atoms with van der Waals surface area (Å²) in [5.74, 6) is 1.53. The molecule has 3 aromatic carbocycles. The minimum absolute atomic E-state index is 0.719. The first-order valence-corrected chi connectivity index (χ1v) is 10.7. The second-order valence-electron chi connectivity index (χ2n) is 7.29. The van der Waals surface area contributed by atoms with E-state index in [2.05, 4.69) is 56.5 Å². The third kappa shape index (κ3) is 3.83. The van der Waals surface area contributed by atoms with Crippen LogP contribution in [0.1, 0.15) is 12.8 Å². The number of halogens is 1. The standard InChI is InChI=1S/C24H21BrN4/c25-18-8-13-22-21(16-18)24(28-23(27-22)17-6-2-1-3-7-17)26-19-9-11-20(12-10-19)29-14-4-5-15-29/h1-3,6-13,16H,4-5,14-15H2,(H,26,27,28). The minimum Gasteiger partial charge on any atom is -0.372 e. The van der Waals surface area contributed by atoms with Gasteiger partial charge in [-0.15, -0.1) is 0 Å². The molecule has 1 N–H and O–H groups in total. The Hall–Kier alpha value is -2.92. The van der Waals surface area contributed by atoms with E-state index in [0.29, 0.717) is 0 Å². The van der Waals surface area contributed by atoms with Crippen molar-refractivity contribution in [1.29, 1.82) is 0 Å². The number of hydrogen-bond donors (Lipinski definition) is 1. The van der Waals surface area contributed by atoms with E-state index in [9.17, 15) is 0 Å². The Morgan fingerprint density at radius 3 is 2.34 bits per heavy atom. The first-order chi connectivity index (χ1) is 14.3. The molecule has 0 saturated carbocycles. The fourth-order valence-corrected chi connectivity index (χ4v) is 4.14. The minimum atomic E-state index is 0.719. The summed E-state index contributed by atoms with van der Waals surface area (Å²) in [5, 5.41) is 4.50. The highest BCUT2D eigenvalue weighted by Gasteiger charge is 2.13. The van der Waals surface area contributed by atoms with Crippen LogP contribution in [0.25, 0.3) is 22.3 Å². The summed E-state index contributed by atoms with van der Waals surface area (Å²) in [6, 6.07) is 24.8. The van der Waals surface area contributed by atoms with Gasteiger partial charge in [0.2, 0.25) is 0 Å². The molecule has 5 heteroatoms. The number of nitrogens with zero attached hydrogens (tertiary/aromatic N) is 3. The van der Waals surface area contributed by atoms with Crippen molar-refractivity contribution < 1.29 is 0 Å². The molecular formula is C24H21BrN4. The Labute approximate surface area is 178 Å². The van der Waals surface area contributed by atoms with E-state index >= 15 is 0 Å². The SMILES string of the molecule is Brc1ccc2nc(-c3ccccc3)nc(Nc3ccc(N4CCCC4)cc3)c2c1. The highest BCUT2D eigenvalue weighted by atomic mass is 79.9. The Kier molecular flexibility index (Phi) is 4.90. The number of anilines is 3. The predicted molar refractivity (Wildman–Crippen MR) is 124 cm³/mol. The maximum absolute atomic E-state index is 4.85. The Morgan fingerprint density at radius 1 is 0.828 bits per heavy atom. The van der Waals surface area contributed by atoms with Crippen LogP contribution in [0.5, 0.6) is 0 Å². The molecule has 0 amide bonds. The van der Waals surface area contributed by atoms with Gasteiger partial charge >= 0.3 is 0 Å². The van der Waals surface area contributed by atoms with Crippen molar-refractivity contribution in [3.8, 4) is 11.4 Å². The molecule has 5 rings (SSSR count). The lowest BCUT2D eigenvalue weighted by Crippen LogP contribution is -2.17. The molecule has 4 aromatic rings. The topological polar surface area (TPSA) is 41.1 Å². The number of rotatable bonds is 4. The molecule has 0 bridgehead atoms. The van der Waals surface area contributed by atoms with Gasteiger partial charge in [-0.1, -0.05) is 46.3 Å². The summed E-state index contributed by atoms with van der Waals surface area (Å²) in [5.41, 5.74) is 4.23. The van der Waals surface area contributed by atoms with Crippen molar-refractivity contribution in [1.82, 2.24) is 9.97 Å². The van der Waals surface area contributed by atoms with E-state index in [1.165, 1.54) is 18.5 Å². The second-order valence-corrected chi connectivity index (χ2v) is 8.21. The average molecular weight is 445 g/mol. The lowest BCUT2D eigenvalue weighted by atomic mass is 10.1. The molecule has 4 nitrogen and oxygen atoms in total. The van der Waals surface area contributed by atoms with E-state index in [1.54, 1.807) is 0 Å². The molecule has 144 valence electrons. The summed E-state index contributed by atoms with van der Waals surface area (Å²) >= 11 is 3.57. The van der Waals surface area contributed by atoms with E-state index < -0.39 is 0 Å². The summed E-state index contributed by atoms with van der Waals surface area (Å²) in [4.78, 5) is 12.1. The smallest absolute Gasteiger partial charge is 0.162 e. The maximum Gasteiger partial charge on any atom is 0.162 e. The molecule has 0 aliphatic carbocycles. The van der Waals surface area contributed by atoms with Crippen LogP contribution in [0.15, 0.2) is 77.3 Å². The zero-order valence-electron chi connectivity index (χ0n) is 16.0. The molecule has 0 radical (unpaired) electrons. The molecule has 0 spiro atoms. The molecule has 1 aromatic heterocycles. The van der Waals surface area contributed by atoms with Gasteiger partial charge in [-0.2, -0.15) is 0 Å². The lowest BCUT2D eigenvalue weighted by Gasteiger charge is -2.18. The van der Waals surface area contributed by atoms with Crippen LogP contribution in [0.3, 0.4) is 0 Å². The normalized spacial score (nSPS) is 13.8. The van der Waals surface area contributed by atoms with Gasteiger partial charge in [0.15, 0.2) is 5.82 Å². The molecule has 0 unspecified atom stereocenters. The van der Waals surface area contributed by atoms with Crippen LogP contribution in [0.2, 0.25) is 0 Å². The van der Waals surface area contributed by atoms with Crippen molar-refractivity contribution >= 4 is 44.0 Å². The number of benzene rings is 3. The van der Waals surface area contributed by atoms with E-state index in [1.807, 2.05) is 42.5 Å². The van der Waals surface area contributed by atoms with Crippen LogP contribution in [0, 0.1) is 0 Å². The van der Waals surface area contributed by atoms with Gasteiger partial charge in [-0.3, -0.25) is 0 Å². The fraction of sp³-hybridized carbons (Fsp3) is 0.167. The van der Waals surface area contributed by atoms with Crippen molar-refractivity contribution in [2.45, 2.75) is 12.8 Å². The van der Waals surface area contributed by atoms with Gasteiger partial charge in [-0.25, -0.2) is 9.97 Å². The van der Waals surface area contributed by atoms with Crippen molar-refractivity contribution in [3.63, 3.8) is 0 Å². The Morgan fingerprint density at radius 2 is 1.59 bits per heavy atom. The van der Waals surface area contributed by atoms with Crippen LogP contribution < -0.4 is 10.2 Å². The quantitative estimate of drug-likeness (QED) is 0.395. The largest absolute Gasteiger partial charge is 0.372 e. The number of fused-ring (bicyclic) bond motifs is 1. The highest BCUT2D eigenvalue weighted by molar-refractivity contribution is 9.10. The molecular weight excluding hydrogens is 424 g/mol. The number of nitrogens with one attached hydrogen (secondary N) is 1.